The minimum Gasteiger partial charge on any atom is -0.461 e. The zero-order chi connectivity index (χ0) is 16.7. The van der Waals surface area contributed by atoms with Gasteiger partial charge in [-0.2, -0.15) is 4.98 Å². The number of hydrogen-bond donors (Lipinski definition) is 1. The van der Waals surface area contributed by atoms with Crippen molar-refractivity contribution in [2.75, 3.05) is 6.54 Å². The van der Waals surface area contributed by atoms with E-state index in [0.29, 0.717) is 29.9 Å². The van der Waals surface area contributed by atoms with Gasteiger partial charge in [-0.05, 0) is 37.2 Å². The first-order valence-corrected chi connectivity index (χ1v) is 8.83. The van der Waals surface area contributed by atoms with Crippen LogP contribution in [0, 0.1) is 5.92 Å². The molecule has 2 fully saturated rings. The van der Waals surface area contributed by atoms with Crippen LogP contribution in [0.5, 0.6) is 0 Å². The molecule has 1 unspecified atom stereocenters. The minimum absolute atomic E-state index is 0.0353. The van der Waals surface area contributed by atoms with E-state index in [0.717, 1.165) is 37.7 Å². The minimum atomic E-state index is -0.660. The molecule has 2 aromatic rings. The molecule has 24 heavy (non-hydrogen) atoms. The molecule has 0 bridgehead atoms. The topological polar surface area (TPSA) is 81.2 Å². The first-order chi connectivity index (χ1) is 11.6. The standard InChI is InChI=1S/C18H23N3O3/c1-11(2)13-7-10-23-14(13)15-20-17(24-21-15)18(8-9-19-16(18)22)12-5-3-4-6-12/h7,10-12H,3-6,8-9H2,1-2H3,(H,19,22). The van der Waals surface area contributed by atoms with Crippen LogP contribution in [0.15, 0.2) is 21.3 Å². The number of hydrogen-bond acceptors (Lipinski definition) is 5. The fraction of sp³-hybridized carbons (Fsp3) is 0.611. The van der Waals surface area contributed by atoms with Crippen molar-refractivity contribution in [1.29, 1.82) is 0 Å². The largest absolute Gasteiger partial charge is 0.461 e. The Morgan fingerprint density at radius 2 is 2.12 bits per heavy atom. The second-order valence-electron chi connectivity index (χ2n) is 7.24. The van der Waals surface area contributed by atoms with Crippen LogP contribution in [0.25, 0.3) is 11.6 Å². The van der Waals surface area contributed by atoms with Crippen molar-refractivity contribution >= 4 is 5.91 Å². The van der Waals surface area contributed by atoms with Gasteiger partial charge >= 0.3 is 0 Å². The molecule has 0 radical (unpaired) electrons. The summed E-state index contributed by atoms with van der Waals surface area (Å²) in [7, 11) is 0. The Morgan fingerprint density at radius 1 is 1.33 bits per heavy atom. The van der Waals surface area contributed by atoms with Gasteiger partial charge in [0.1, 0.15) is 5.41 Å². The Balaban J connectivity index is 1.75. The molecule has 4 rings (SSSR count). The first-order valence-electron chi connectivity index (χ1n) is 8.83. The number of furan rings is 1. The maximum absolute atomic E-state index is 12.7. The molecule has 1 saturated heterocycles. The van der Waals surface area contributed by atoms with Gasteiger partial charge in [-0.25, -0.2) is 0 Å². The van der Waals surface area contributed by atoms with E-state index in [1.807, 2.05) is 6.07 Å². The van der Waals surface area contributed by atoms with Crippen molar-refractivity contribution in [3.8, 4) is 11.6 Å². The van der Waals surface area contributed by atoms with E-state index < -0.39 is 5.41 Å². The quantitative estimate of drug-likeness (QED) is 0.929. The van der Waals surface area contributed by atoms with Crippen LogP contribution < -0.4 is 5.32 Å². The lowest BCUT2D eigenvalue weighted by Gasteiger charge is -2.28. The Morgan fingerprint density at radius 3 is 2.79 bits per heavy atom. The van der Waals surface area contributed by atoms with E-state index in [9.17, 15) is 4.79 Å². The normalized spacial score (nSPS) is 24.9. The molecular formula is C18H23N3O3. The molecule has 3 heterocycles. The predicted molar refractivity (Wildman–Crippen MR) is 87.4 cm³/mol. The van der Waals surface area contributed by atoms with E-state index >= 15 is 0 Å². The van der Waals surface area contributed by atoms with Crippen LogP contribution in [0.2, 0.25) is 0 Å². The smallest absolute Gasteiger partial charge is 0.243 e. The molecule has 1 amide bonds. The van der Waals surface area contributed by atoms with Gasteiger partial charge in [0, 0.05) is 12.1 Å². The number of rotatable bonds is 4. The summed E-state index contributed by atoms with van der Waals surface area (Å²) in [5.41, 5.74) is 0.389. The lowest BCUT2D eigenvalue weighted by Crippen LogP contribution is -2.41. The summed E-state index contributed by atoms with van der Waals surface area (Å²) in [5, 5.41) is 7.11. The van der Waals surface area contributed by atoms with Crippen LogP contribution in [0.3, 0.4) is 0 Å². The molecule has 2 aliphatic rings. The molecular weight excluding hydrogens is 306 g/mol. The average molecular weight is 329 g/mol. The Labute approximate surface area is 141 Å². The highest BCUT2D eigenvalue weighted by molar-refractivity contribution is 5.89. The number of nitrogens with one attached hydrogen (secondary N) is 1. The zero-order valence-electron chi connectivity index (χ0n) is 14.2. The fourth-order valence-corrected chi connectivity index (χ4v) is 4.28. The van der Waals surface area contributed by atoms with Gasteiger partial charge in [0.2, 0.25) is 17.6 Å². The molecule has 6 heteroatoms. The Hall–Kier alpha value is -2.11. The summed E-state index contributed by atoms with van der Waals surface area (Å²) >= 11 is 0. The molecule has 1 atom stereocenters. The number of carbonyl (C=O) groups is 1. The van der Waals surface area contributed by atoms with Gasteiger partial charge in [-0.15, -0.1) is 0 Å². The summed E-state index contributed by atoms with van der Waals surface area (Å²) < 4.78 is 11.2. The number of carbonyl (C=O) groups excluding carboxylic acids is 1. The first kappa shape index (κ1) is 15.4. The molecule has 2 aromatic heterocycles. The second kappa shape index (κ2) is 5.76. The van der Waals surface area contributed by atoms with E-state index in [2.05, 4.69) is 29.3 Å². The Bertz CT molecular complexity index is 742. The lowest BCUT2D eigenvalue weighted by molar-refractivity contribution is -0.126. The van der Waals surface area contributed by atoms with Gasteiger partial charge in [0.05, 0.1) is 6.26 Å². The van der Waals surface area contributed by atoms with Crippen LogP contribution in [-0.2, 0) is 10.2 Å². The van der Waals surface area contributed by atoms with Crippen LogP contribution >= 0.6 is 0 Å². The predicted octanol–water partition coefficient (Wildman–Crippen LogP) is 3.40. The fourth-order valence-electron chi connectivity index (χ4n) is 4.28. The third-order valence-electron chi connectivity index (χ3n) is 5.59. The summed E-state index contributed by atoms with van der Waals surface area (Å²) in [6.07, 6.45) is 6.79. The van der Waals surface area contributed by atoms with Gasteiger partial charge in [-0.1, -0.05) is 31.8 Å². The molecule has 0 spiro atoms. The third-order valence-corrected chi connectivity index (χ3v) is 5.59. The second-order valence-corrected chi connectivity index (χ2v) is 7.24. The maximum atomic E-state index is 12.7. The highest BCUT2D eigenvalue weighted by Gasteiger charge is 2.54. The summed E-state index contributed by atoms with van der Waals surface area (Å²) in [6, 6.07) is 1.94. The van der Waals surface area contributed by atoms with Crippen molar-refractivity contribution in [1.82, 2.24) is 15.5 Å². The van der Waals surface area contributed by atoms with E-state index in [4.69, 9.17) is 8.94 Å². The van der Waals surface area contributed by atoms with Crippen molar-refractivity contribution in [3.63, 3.8) is 0 Å². The summed E-state index contributed by atoms with van der Waals surface area (Å²) in [6.45, 7) is 4.87. The molecule has 1 aliphatic heterocycles. The van der Waals surface area contributed by atoms with Crippen molar-refractivity contribution in [3.05, 3.63) is 23.8 Å². The van der Waals surface area contributed by atoms with Gasteiger partial charge in [0.15, 0.2) is 5.76 Å². The Kier molecular flexibility index (Phi) is 3.70. The van der Waals surface area contributed by atoms with Gasteiger partial charge in [-0.3, -0.25) is 4.79 Å². The molecule has 0 aromatic carbocycles. The highest BCUT2D eigenvalue weighted by atomic mass is 16.5. The lowest BCUT2D eigenvalue weighted by atomic mass is 9.73. The van der Waals surface area contributed by atoms with Crippen LogP contribution in [-0.4, -0.2) is 22.6 Å². The zero-order valence-corrected chi connectivity index (χ0v) is 14.2. The van der Waals surface area contributed by atoms with Crippen molar-refractivity contribution < 1.29 is 13.7 Å². The molecule has 1 N–H and O–H groups in total. The number of nitrogens with zero attached hydrogens (tertiary/aromatic N) is 2. The summed E-state index contributed by atoms with van der Waals surface area (Å²) in [4.78, 5) is 17.3. The van der Waals surface area contributed by atoms with E-state index in [1.54, 1.807) is 6.26 Å². The van der Waals surface area contributed by atoms with Crippen LogP contribution in [0.4, 0.5) is 0 Å². The van der Waals surface area contributed by atoms with Gasteiger partial charge in [0.25, 0.3) is 0 Å². The summed E-state index contributed by atoms with van der Waals surface area (Å²) in [5.74, 6) is 2.16. The molecule has 1 saturated carbocycles. The molecule has 1 aliphatic carbocycles. The highest BCUT2D eigenvalue weighted by Crippen LogP contribution is 2.46. The molecule has 128 valence electrons. The van der Waals surface area contributed by atoms with Crippen molar-refractivity contribution in [2.45, 2.75) is 57.3 Å². The van der Waals surface area contributed by atoms with E-state index in [1.165, 1.54) is 0 Å². The van der Waals surface area contributed by atoms with Crippen LogP contribution in [0.1, 0.15) is 63.3 Å². The molecule has 6 nitrogen and oxygen atoms in total. The van der Waals surface area contributed by atoms with Crippen molar-refractivity contribution in [2.24, 2.45) is 5.92 Å². The third kappa shape index (κ3) is 2.19. The van der Waals surface area contributed by atoms with E-state index in [-0.39, 0.29) is 11.8 Å². The monoisotopic (exact) mass is 329 g/mol. The average Bonchev–Trinajstić information content (AvgIpc) is 3.33. The SMILES string of the molecule is CC(C)c1ccoc1-c1noc(C2(C3CCCC3)CCNC2=O)n1. The number of aromatic nitrogens is 2. The van der Waals surface area contributed by atoms with Gasteiger partial charge < -0.3 is 14.3 Å². The number of amides is 1. The maximum Gasteiger partial charge on any atom is 0.243 e.